The van der Waals surface area contributed by atoms with Crippen molar-refractivity contribution in [1.29, 1.82) is 0 Å². The molecule has 4 aliphatic rings. The van der Waals surface area contributed by atoms with Crippen LogP contribution in [0.5, 0.6) is 0 Å². The van der Waals surface area contributed by atoms with Crippen LogP contribution in [-0.4, -0.2) is 54.3 Å². The SMILES string of the molecule is CC(C)[C@H](CN1CC[C@H](C2CCC(Cl)CC2)C(C)(C)C1)NCC1CCCC(CNSC2CC=CCC2)C1. The molecule has 5 atom stereocenters. The van der Waals surface area contributed by atoms with E-state index >= 15 is 0 Å². The van der Waals surface area contributed by atoms with Crippen molar-refractivity contribution >= 4 is 23.5 Å². The molecule has 2 saturated carbocycles. The van der Waals surface area contributed by atoms with Gasteiger partial charge in [-0.25, -0.2) is 0 Å². The molecule has 0 aromatic carbocycles. The first-order valence-corrected chi connectivity index (χ1v) is 17.2. The van der Waals surface area contributed by atoms with Crippen molar-refractivity contribution in [2.24, 2.45) is 35.0 Å². The summed E-state index contributed by atoms with van der Waals surface area (Å²) < 4.78 is 3.77. The third-order valence-electron chi connectivity index (χ3n) is 10.3. The summed E-state index contributed by atoms with van der Waals surface area (Å²) in [6.45, 7) is 16.1. The van der Waals surface area contributed by atoms with Crippen LogP contribution in [0.15, 0.2) is 12.2 Å². The molecule has 1 heterocycles. The van der Waals surface area contributed by atoms with E-state index < -0.39 is 0 Å². The van der Waals surface area contributed by atoms with Crippen LogP contribution in [0.2, 0.25) is 0 Å². The van der Waals surface area contributed by atoms with Crippen molar-refractivity contribution in [2.75, 3.05) is 32.7 Å². The maximum absolute atomic E-state index is 6.43. The Labute approximate surface area is 239 Å². The van der Waals surface area contributed by atoms with Crippen molar-refractivity contribution in [3.05, 3.63) is 12.2 Å². The van der Waals surface area contributed by atoms with E-state index in [-0.39, 0.29) is 0 Å². The minimum absolute atomic E-state index is 0.416. The van der Waals surface area contributed by atoms with Crippen LogP contribution in [-0.2, 0) is 0 Å². The number of nitrogens with one attached hydrogen (secondary N) is 2. The van der Waals surface area contributed by atoms with Gasteiger partial charge in [0.05, 0.1) is 0 Å². The number of hydrogen-bond donors (Lipinski definition) is 2. The van der Waals surface area contributed by atoms with Gasteiger partial charge < -0.3 is 10.2 Å². The maximum atomic E-state index is 6.43. The molecule has 3 aliphatic carbocycles. The molecule has 2 N–H and O–H groups in total. The lowest BCUT2D eigenvalue weighted by Gasteiger charge is -2.49. The minimum Gasteiger partial charge on any atom is -0.312 e. The molecule has 0 aromatic rings. The first kappa shape index (κ1) is 30.2. The highest BCUT2D eigenvalue weighted by Crippen LogP contribution is 2.45. The molecular formula is C32H58ClN3S. The van der Waals surface area contributed by atoms with E-state index in [0.29, 0.717) is 22.8 Å². The van der Waals surface area contributed by atoms with Crippen LogP contribution < -0.4 is 10.0 Å². The Hall–Kier alpha value is 0.260. The molecule has 214 valence electrons. The molecule has 3 nitrogen and oxygen atoms in total. The Kier molecular flexibility index (Phi) is 12.1. The molecular weight excluding hydrogens is 494 g/mol. The molecule has 1 saturated heterocycles. The maximum Gasteiger partial charge on any atom is 0.0336 e. The van der Waals surface area contributed by atoms with Gasteiger partial charge in [-0.1, -0.05) is 58.2 Å². The summed E-state index contributed by atoms with van der Waals surface area (Å²) in [6.07, 6.45) is 20.8. The van der Waals surface area contributed by atoms with E-state index in [4.69, 9.17) is 11.6 Å². The molecule has 3 unspecified atom stereocenters. The summed E-state index contributed by atoms with van der Waals surface area (Å²) in [6, 6.07) is 0.604. The van der Waals surface area contributed by atoms with E-state index in [0.717, 1.165) is 28.9 Å². The molecule has 0 spiro atoms. The largest absolute Gasteiger partial charge is 0.312 e. The molecule has 0 radical (unpaired) electrons. The molecule has 0 aromatic heterocycles. The Morgan fingerprint density at radius 2 is 1.73 bits per heavy atom. The molecule has 0 bridgehead atoms. The molecule has 4 rings (SSSR count). The fraction of sp³-hybridized carbons (Fsp3) is 0.938. The van der Waals surface area contributed by atoms with Gasteiger partial charge in [0.2, 0.25) is 0 Å². The number of hydrogen-bond acceptors (Lipinski definition) is 4. The van der Waals surface area contributed by atoms with Crippen LogP contribution in [0.3, 0.4) is 0 Å². The van der Waals surface area contributed by atoms with Crippen molar-refractivity contribution in [3.8, 4) is 0 Å². The normalized spacial score (nSPS) is 36.1. The van der Waals surface area contributed by atoms with Gasteiger partial charge in [0, 0.05) is 36.3 Å². The van der Waals surface area contributed by atoms with Gasteiger partial charge in [-0.05, 0) is 119 Å². The fourth-order valence-corrected chi connectivity index (χ4v) is 9.31. The van der Waals surface area contributed by atoms with E-state index in [1.807, 2.05) is 11.9 Å². The van der Waals surface area contributed by atoms with Crippen molar-refractivity contribution in [2.45, 2.75) is 121 Å². The molecule has 0 amide bonds. The van der Waals surface area contributed by atoms with Gasteiger partial charge in [0.25, 0.3) is 0 Å². The lowest BCUT2D eigenvalue weighted by molar-refractivity contribution is 0.00453. The minimum atomic E-state index is 0.416. The highest BCUT2D eigenvalue weighted by molar-refractivity contribution is 7.98. The molecule has 5 heteroatoms. The second-order valence-corrected chi connectivity index (χ2v) is 16.0. The monoisotopic (exact) mass is 551 g/mol. The fourth-order valence-electron chi connectivity index (χ4n) is 8.03. The van der Waals surface area contributed by atoms with Gasteiger partial charge in [0.1, 0.15) is 0 Å². The second kappa shape index (κ2) is 14.8. The number of nitrogens with zero attached hydrogens (tertiary/aromatic N) is 1. The van der Waals surface area contributed by atoms with Crippen molar-refractivity contribution < 1.29 is 0 Å². The van der Waals surface area contributed by atoms with Gasteiger partial charge in [-0.15, -0.1) is 11.6 Å². The van der Waals surface area contributed by atoms with Crippen molar-refractivity contribution in [1.82, 2.24) is 14.9 Å². The van der Waals surface area contributed by atoms with E-state index in [2.05, 4.69) is 54.8 Å². The standard InChI is InChI=1S/C32H58ClN3S/c1-24(2)31(22-36-18-17-30(32(3,4)23-36)27-13-15-28(33)16-14-27)34-20-25-9-8-10-26(19-25)21-35-37-29-11-6-5-7-12-29/h5-6,24-31,34-35H,7-23H2,1-4H3/t25?,26?,27?,28?,29?,30-,31+/m1/s1. The van der Waals surface area contributed by atoms with Crippen LogP contribution in [0, 0.1) is 35.0 Å². The zero-order valence-electron chi connectivity index (χ0n) is 24.5. The van der Waals surface area contributed by atoms with Crippen LogP contribution in [0.1, 0.15) is 105 Å². The number of rotatable bonds is 11. The number of piperidine rings is 1. The van der Waals surface area contributed by atoms with Gasteiger partial charge in [0.15, 0.2) is 0 Å². The summed E-state index contributed by atoms with van der Waals surface area (Å²) in [4.78, 5) is 2.80. The third-order valence-corrected chi connectivity index (χ3v) is 11.9. The average Bonchev–Trinajstić information content (AvgIpc) is 2.87. The summed E-state index contributed by atoms with van der Waals surface area (Å²) in [7, 11) is 0. The highest BCUT2D eigenvalue weighted by Gasteiger charge is 2.41. The third kappa shape index (κ3) is 9.41. The lowest BCUT2D eigenvalue weighted by atomic mass is 9.64. The Bertz CT molecular complexity index is 690. The second-order valence-electron chi connectivity index (χ2n) is 14.2. The Balaban J connectivity index is 1.18. The number of halogens is 1. The number of allylic oxidation sites excluding steroid dienone is 2. The highest BCUT2D eigenvalue weighted by atomic mass is 35.5. The van der Waals surface area contributed by atoms with Gasteiger partial charge in [-0.3, -0.25) is 4.72 Å². The van der Waals surface area contributed by atoms with Gasteiger partial charge >= 0.3 is 0 Å². The quantitative estimate of drug-likeness (QED) is 0.155. The predicted molar refractivity (Wildman–Crippen MR) is 164 cm³/mol. The van der Waals surface area contributed by atoms with E-state index in [9.17, 15) is 0 Å². The smallest absolute Gasteiger partial charge is 0.0336 e. The molecule has 1 aliphatic heterocycles. The predicted octanol–water partition coefficient (Wildman–Crippen LogP) is 7.90. The average molecular weight is 552 g/mol. The Morgan fingerprint density at radius 3 is 2.41 bits per heavy atom. The summed E-state index contributed by atoms with van der Waals surface area (Å²) >= 11 is 8.44. The summed E-state index contributed by atoms with van der Waals surface area (Å²) in [5, 5.41) is 5.30. The topological polar surface area (TPSA) is 27.3 Å². The lowest BCUT2D eigenvalue weighted by Crippen LogP contribution is -2.53. The first-order valence-electron chi connectivity index (χ1n) is 15.9. The van der Waals surface area contributed by atoms with Gasteiger partial charge in [-0.2, -0.15) is 0 Å². The first-order chi connectivity index (χ1) is 17.8. The molecule has 3 fully saturated rings. The Morgan fingerprint density at radius 1 is 0.973 bits per heavy atom. The molecule has 37 heavy (non-hydrogen) atoms. The van der Waals surface area contributed by atoms with Crippen LogP contribution in [0.25, 0.3) is 0 Å². The van der Waals surface area contributed by atoms with Crippen LogP contribution in [0.4, 0.5) is 0 Å². The number of likely N-dealkylation sites (tertiary alicyclic amines) is 1. The summed E-state index contributed by atoms with van der Waals surface area (Å²) in [5.74, 6) is 4.17. The van der Waals surface area contributed by atoms with E-state index in [1.54, 1.807) is 0 Å². The van der Waals surface area contributed by atoms with Crippen LogP contribution >= 0.6 is 23.5 Å². The van der Waals surface area contributed by atoms with E-state index in [1.165, 1.54) is 110 Å². The summed E-state index contributed by atoms with van der Waals surface area (Å²) in [5.41, 5.74) is 0.416. The zero-order chi connectivity index (χ0) is 26.3. The zero-order valence-corrected chi connectivity index (χ0v) is 26.1. The number of alkyl halides is 1. The van der Waals surface area contributed by atoms with Crippen molar-refractivity contribution in [3.63, 3.8) is 0 Å².